The van der Waals surface area contributed by atoms with Crippen LogP contribution >= 0.6 is 0 Å². The van der Waals surface area contributed by atoms with E-state index >= 15 is 0 Å². The number of benzene rings is 1. The summed E-state index contributed by atoms with van der Waals surface area (Å²) in [4.78, 5) is 37.2. The smallest absolute Gasteiger partial charge is 0.338 e. The number of amides is 2. The minimum absolute atomic E-state index is 0.00897. The second-order valence-corrected chi connectivity index (χ2v) is 7.26. The van der Waals surface area contributed by atoms with Crippen molar-refractivity contribution >= 4 is 17.8 Å². The number of hydrogen-bond acceptors (Lipinski definition) is 8. The van der Waals surface area contributed by atoms with Gasteiger partial charge in [-0.3, -0.25) is 9.59 Å². The summed E-state index contributed by atoms with van der Waals surface area (Å²) in [5.41, 5.74) is -6.71. The molecule has 3 fully saturated rings. The van der Waals surface area contributed by atoms with E-state index in [1.807, 2.05) is 0 Å². The molecule has 1 aromatic carbocycles. The standard InChI is InChI=1S/C19H22N2O8/c1-11-8-9-29-19(16(25)20-18(11,27)15(24)21-19)14(23)17(2,26)10-28-13(22)12-6-4-3-5-7-12/h3-7,14,23,26-27H,1,8-10H2,2H3,(H,20,25)(H,21,24)/t14-,17+,18+,19-/m0/s1. The number of hydrogen-bond donors (Lipinski definition) is 5. The average Bonchev–Trinajstić information content (AvgIpc) is 2.69. The Morgan fingerprint density at radius 3 is 2.62 bits per heavy atom. The molecule has 156 valence electrons. The third-order valence-corrected chi connectivity index (χ3v) is 4.98. The van der Waals surface area contributed by atoms with Gasteiger partial charge in [-0.05, 0) is 31.1 Å². The fourth-order valence-electron chi connectivity index (χ4n) is 3.15. The van der Waals surface area contributed by atoms with Crippen molar-refractivity contribution in [3.05, 3.63) is 48.0 Å². The predicted octanol–water partition coefficient (Wildman–Crippen LogP) is -1.44. The number of ether oxygens (including phenoxy) is 2. The number of rotatable bonds is 5. The van der Waals surface area contributed by atoms with Gasteiger partial charge in [-0.25, -0.2) is 4.79 Å². The van der Waals surface area contributed by atoms with Gasteiger partial charge in [-0.15, -0.1) is 0 Å². The average molecular weight is 406 g/mol. The zero-order chi connectivity index (χ0) is 21.4. The molecule has 3 aliphatic rings. The van der Waals surface area contributed by atoms with Gasteiger partial charge in [0.1, 0.15) is 18.3 Å². The van der Waals surface area contributed by atoms with Crippen molar-refractivity contribution in [1.29, 1.82) is 0 Å². The van der Waals surface area contributed by atoms with Crippen LogP contribution in [0.2, 0.25) is 0 Å². The molecule has 29 heavy (non-hydrogen) atoms. The highest BCUT2D eigenvalue weighted by molar-refractivity contribution is 6.03. The first-order valence-electron chi connectivity index (χ1n) is 8.85. The van der Waals surface area contributed by atoms with Crippen molar-refractivity contribution in [3.63, 3.8) is 0 Å². The maximum absolute atomic E-state index is 12.7. The number of aliphatic hydroxyl groups excluding tert-OH is 1. The van der Waals surface area contributed by atoms with E-state index in [1.54, 1.807) is 18.2 Å². The quantitative estimate of drug-likeness (QED) is 0.294. The van der Waals surface area contributed by atoms with Gasteiger partial charge in [0.2, 0.25) is 5.72 Å². The Morgan fingerprint density at radius 2 is 1.97 bits per heavy atom. The van der Waals surface area contributed by atoms with Gasteiger partial charge in [-0.1, -0.05) is 24.8 Å². The molecule has 4 atom stereocenters. The van der Waals surface area contributed by atoms with Crippen molar-refractivity contribution < 1.29 is 39.2 Å². The van der Waals surface area contributed by atoms with Crippen LogP contribution in [0.25, 0.3) is 0 Å². The van der Waals surface area contributed by atoms with Crippen LogP contribution in [-0.2, 0) is 19.1 Å². The number of fused-ring (bicyclic) bond motifs is 5. The van der Waals surface area contributed by atoms with Gasteiger partial charge in [0.15, 0.2) is 0 Å². The van der Waals surface area contributed by atoms with Crippen LogP contribution in [0.5, 0.6) is 0 Å². The Bertz CT molecular complexity index is 855. The molecule has 2 amide bonds. The molecular weight excluding hydrogens is 384 g/mol. The molecule has 0 unspecified atom stereocenters. The Balaban J connectivity index is 1.80. The van der Waals surface area contributed by atoms with Crippen LogP contribution in [0.4, 0.5) is 0 Å². The van der Waals surface area contributed by atoms with Crippen molar-refractivity contribution in [2.75, 3.05) is 13.2 Å². The molecule has 0 radical (unpaired) electrons. The summed E-state index contributed by atoms with van der Waals surface area (Å²) in [5, 5.41) is 36.1. The summed E-state index contributed by atoms with van der Waals surface area (Å²) in [5.74, 6) is -2.91. The minimum Gasteiger partial charge on any atom is -0.459 e. The fraction of sp³-hybridized carbons (Fsp3) is 0.421. The highest BCUT2D eigenvalue weighted by Crippen LogP contribution is 2.33. The SMILES string of the molecule is C=C1CCO[C@]2([C@@H](O)[C@](C)(O)COC(=O)c3ccccc3)NC(=O)[C@@]1(O)NC2=O. The van der Waals surface area contributed by atoms with Crippen LogP contribution in [0, 0.1) is 0 Å². The van der Waals surface area contributed by atoms with E-state index in [0.29, 0.717) is 0 Å². The first kappa shape index (κ1) is 20.9. The van der Waals surface area contributed by atoms with E-state index in [-0.39, 0.29) is 24.2 Å². The van der Waals surface area contributed by atoms with Crippen molar-refractivity contribution in [3.8, 4) is 0 Å². The summed E-state index contributed by atoms with van der Waals surface area (Å²) >= 11 is 0. The minimum atomic E-state index is -2.40. The van der Waals surface area contributed by atoms with Crippen LogP contribution in [0.15, 0.2) is 42.5 Å². The molecule has 5 N–H and O–H groups in total. The normalized spacial score (nSPS) is 29.7. The molecule has 1 aromatic rings. The summed E-state index contributed by atoms with van der Waals surface area (Å²) in [7, 11) is 0. The second kappa shape index (κ2) is 7.23. The fourth-order valence-corrected chi connectivity index (χ4v) is 3.15. The first-order valence-corrected chi connectivity index (χ1v) is 8.85. The highest BCUT2D eigenvalue weighted by Gasteiger charge is 2.63. The lowest BCUT2D eigenvalue weighted by atomic mass is 9.85. The zero-order valence-corrected chi connectivity index (χ0v) is 15.7. The van der Waals surface area contributed by atoms with E-state index < -0.39 is 47.5 Å². The molecule has 3 aliphatic heterocycles. The predicted molar refractivity (Wildman–Crippen MR) is 97.0 cm³/mol. The molecule has 0 aliphatic carbocycles. The van der Waals surface area contributed by atoms with Crippen molar-refractivity contribution in [1.82, 2.24) is 10.6 Å². The third-order valence-electron chi connectivity index (χ3n) is 4.98. The molecule has 3 heterocycles. The maximum atomic E-state index is 12.7. The van der Waals surface area contributed by atoms with Crippen LogP contribution < -0.4 is 10.6 Å². The van der Waals surface area contributed by atoms with Crippen LogP contribution in [0.3, 0.4) is 0 Å². The van der Waals surface area contributed by atoms with Gasteiger partial charge in [0.05, 0.1) is 12.2 Å². The topological polar surface area (TPSA) is 154 Å². The highest BCUT2D eigenvalue weighted by atomic mass is 16.6. The molecule has 10 heteroatoms. The number of piperazine rings is 1. The third kappa shape index (κ3) is 3.51. The lowest BCUT2D eigenvalue weighted by Gasteiger charge is -2.49. The summed E-state index contributed by atoms with van der Waals surface area (Å²) < 4.78 is 10.5. The van der Waals surface area contributed by atoms with E-state index in [0.717, 1.165) is 6.92 Å². The van der Waals surface area contributed by atoms with Gasteiger partial charge >= 0.3 is 5.97 Å². The summed E-state index contributed by atoms with van der Waals surface area (Å²) in [6.07, 6.45) is -2.03. The number of carbonyl (C=O) groups is 3. The molecule has 0 spiro atoms. The van der Waals surface area contributed by atoms with Crippen molar-refractivity contribution in [2.45, 2.75) is 36.5 Å². The number of nitrogens with one attached hydrogen (secondary N) is 2. The van der Waals surface area contributed by atoms with E-state index in [4.69, 9.17) is 9.47 Å². The van der Waals surface area contributed by atoms with Crippen molar-refractivity contribution in [2.24, 2.45) is 0 Å². The molecular formula is C19H22N2O8. The molecule has 3 saturated heterocycles. The molecule has 4 rings (SSSR count). The molecule has 2 bridgehead atoms. The van der Waals surface area contributed by atoms with Gasteiger partial charge in [0.25, 0.3) is 17.5 Å². The Kier molecular flexibility index (Phi) is 5.22. The maximum Gasteiger partial charge on any atom is 0.338 e. The molecule has 10 nitrogen and oxygen atoms in total. The van der Waals surface area contributed by atoms with Crippen LogP contribution in [-0.4, -0.2) is 69.5 Å². The monoisotopic (exact) mass is 406 g/mol. The lowest BCUT2D eigenvalue weighted by Crippen LogP contribution is -2.82. The number of esters is 1. The second-order valence-electron chi connectivity index (χ2n) is 7.26. The van der Waals surface area contributed by atoms with E-state index in [2.05, 4.69) is 17.2 Å². The van der Waals surface area contributed by atoms with Crippen LogP contribution in [0.1, 0.15) is 23.7 Å². The van der Waals surface area contributed by atoms with E-state index in [1.165, 1.54) is 12.1 Å². The van der Waals surface area contributed by atoms with Gasteiger partial charge in [0, 0.05) is 0 Å². The summed E-state index contributed by atoms with van der Waals surface area (Å²) in [6, 6.07) is 7.98. The zero-order valence-electron chi connectivity index (χ0n) is 15.7. The largest absolute Gasteiger partial charge is 0.459 e. The lowest BCUT2D eigenvalue weighted by molar-refractivity contribution is -0.230. The number of carbonyl (C=O) groups excluding carboxylic acids is 3. The van der Waals surface area contributed by atoms with Gasteiger partial charge < -0.3 is 35.4 Å². The molecule has 0 saturated carbocycles. The van der Waals surface area contributed by atoms with Gasteiger partial charge in [-0.2, -0.15) is 0 Å². The first-order chi connectivity index (χ1) is 13.5. The van der Waals surface area contributed by atoms with E-state index in [9.17, 15) is 29.7 Å². The Hall–Kier alpha value is -2.79. The Morgan fingerprint density at radius 1 is 1.31 bits per heavy atom. The summed E-state index contributed by atoms with van der Waals surface area (Å²) in [6.45, 7) is 3.81. The molecule has 0 aromatic heterocycles. The number of aliphatic hydroxyl groups is 3. The Labute approximate surface area is 166 Å².